The number of hydrogen-bond donors (Lipinski definition) is 0. The van der Waals surface area contributed by atoms with E-state index in [1.54, 1.807) is 30.3 Å². The van der Waals surface area contributed by atoms with Gasteiger partial charge in [-0.2, -0.15) is 0 Å². The maximum absolute atomic E-state index is 13.3. The minimum atomic E-state index is -1.36. The lowest BCUT2D eigenvalue weighted by molar-refractivity contribution is -0.191. The van der Waals surface area contributed by atoms with E-state index in [0.717, 1.165) is 14.7 Å². The molecule has 3 aromatic rings. The second kappa shape index (κ2) is 11.8. The Bertz CT molecular complexity index is 1340. The molecule has 0 saturated carbocycles. The average molecular weight is 510 g/mol. The summed E-state index contributed by atoms with van der Waals surface area (Å²) in [6.07, 6.45) is -3.56. The van der Waals surface area contributed by atoms with Gasteiger partial charge in [0, 0.05) is 26.3 Å². The maximum Gasteiger partial charge on any atom is 0.338 e. The summed E-state index contributed by atoms with van der Waals surface area (Å²) in [5.74, 6) is -1.38. The lowest BCUT2D eigenvalue weighted by atomic mass is 10.2. The van der Waals surface area contributed by atoms with E-state index in [1.807, 2.05) is 30.3 Å². The molecule has 0 radical (unpaired) electrons. The predicted octanol–water partition coefficient (Wildman–Crippen LogP) is 1.84. The zero-order valence-corrected chi connectivity index (χ0v) is 20.2. The number of benzene rings is 2. The van der Waals surface area contributed by atoms with Crippen LogP contribution in [0.4, 0.5) is 0 Å². The number of esters is 2. The molecule has 11 heteroatoms. The predicted molar refractivity (Wildman–Crippen MR) is 128 cm³/mol. The zero-order chi connectivity index (χ0) is 26.4. The van der Waals surface area contributed by atoms with Gasteiger partial charge in [-0.3, -0.25) is 14.2 Å². The van der Waals surface area contributed by atoms with Crippen LogP contribution in [0.5, 0.6) is 0 Å². The fourth-order valence-electron chi connectivity index (χ4n) is 3.90. The monoisotopic (exact) mass is 510 g/mol. The Kier molecular flexibility index (Phi) is 8.29. The molecule has 0 amide bonds. The molecule has 2 heterocycles. The van der Waals surface area contributed by atoms with Gasteiger partial charge in [-0.15, -0.1) is 0 Å². The highest BCUT2D eigenvalue weighted by atomic mass is 16.7. The number of carbonyl (C=O) groups excluding carboxylic acids is 2. The van der Waals surface area contributed by atoms with Crippen molar-refractivity contribution in [3.05, 3.63) is 105 Å². The second-order valence-corrected chi connectivity index (χ2v) is 8.18. The van der Waals surface area contributed by atoms with Crippen LogP contribution >= 0.6 is 0 Å². The first-order valence-electron chi connectivity index (χ1n) is 11.4. The molecule has 1 aliphatic rings. The number of rotatable bonds is 9. The molecular formula is C26H26N2O9. The van der Waals surface area contributed by atoms with Crippen molar-refractivity contribution in [2.75, 3.05) is 7.11 Å². The third-order valence-corrected chi connectivity index (χ3v) is 5.66. The van der Waals surface area contributed by atoms with Crippen molar-refractivity contribution >= 4 is 11.9 Å². The Balaban J connectivity index is 1.59. The summed E-state index contributed by atoms with van der Waals surface area (Å²) >= 11 is 0. The van der Waals surface area contributed by atoms with Gasteiger partial charge in [-0.05, 0) is 17.7 Å². The van der Waals surface area contributed by atoms with Crippen LogP contribution in [-0.2, 0) is 41.8 Å². The summed E-state index contributed by atoms with van der Waals surface area (Å²) in [5.41, 5.74) is -0.185. The Morgan fingerprint density at radius 3 is 2.24 bits per heavy atom. The molecular weight excluding hydrogens is 484 g/mol. The van der Waals surface area contributed by atoms with E-state index in [9.17, 15) is 19.2 Å². The fraction of sp³-hybridized carbons (Fsp3) is 0.308. The number of hydrogen-bond acceptors (Lipinski definition) is 9. The van der Waals surface area contributed by atoms with Crippen LogP contribution in [0.25, 0.3) is 0 Å². The van der Waals surface area contributed by atoms with E-state index in [2.05, 4.69) is 0 Å². The molecule has 4 atom stereocenters. The topological polar surface area (TPSA) is 124 Å². The van der Waals surface area contributed by atoms with Crippen LogP contribution < -0.4 is 11.2 Å². The lowest BCUT2D eigenvalue weighted by Gasteiger charge is -2.23. The van der Waals surface area contributed by atoms with E-state index in [0.29, 0.717) is 0 Å². The summed E-state index contributed by atoms with van der Waals surface area (Å²) in [6.45, 7) is 1.05. The Morgan fingerprint density at radius 1 is 0.919 bits per heavy atom. The number of nitrogens with zero attached hydrogens (tertiary/aromatic N) is 2. The molecule has 0 bridgehead atoms. The van der Waals surface area contributed by atoms with Gasteiger partial charge >= 0.3 is 17.6 Å². The molecule has 37 heavy (non-hydrogen) atoms. The van der Waals surface area contributed by atoms with Gasteiger partial charge in [0.05, 0.1) is 12.2 Å². The van der Waals surface area contributed by atoms with Gasteiger partial charge in [-0.25, -0.2) is 14.2 Å². The Morgan fingerprint density at radius 2 is 1.59 bits per heavy atom. The highest BCUT2D eigenvalue weighted by molar-refractivity contribution is 5.89. The normalized spacial score (nSPS) is 20.9. The summed E-state index contributed by atoms with van der Waals surface area (Å²) < 4.78 is 29.7. The van der Waals surface area contributed by atoms with Crippen molar-refractivity contribution in [1.29, 1.82) is 0 Å². The van der Waals surface area contributed by atoms with Gasteiger partial charge in [0.25, 0.3) is 5.56 Å². The van der Waals surface area contributed by atoms with Gasteiger partial charge in [0.1, 0.15) is 12.8 Å². The largest absolute Gasteiger partial charge is 0.449 e. The van der Waals surface area contributed by atoms with Gasteiger partial charge in [0.2, 0.25) is 6.29 Å². The van der Waals surface area contributed by atoms with Crippen molar-refractivity contribution in [1.82, 2.24) is 9.13 Å². The van der Waals surface area contributed by atoms with E-state index in [1.165, 1.54) is 26.3 Å². The maximum atomic E-state index is 13.3. The van der Waals surface area contributed by atoms with Crippen molar-refractivity contribution < 1.29 is 33.3 Å². The molecule has 0 spiro atoms. The van der Waals surface area contributed by atoms with Crippen LogP contribution in [0.3, 0.4) is 0 Å². The third kappa shape index (κ3) is 6.02. The smallest absolute Gasteiger partial charge is 0.338 e. The van der Waals surface area contributed by atoms with Crippen molar-refractivity contribution in [2.45, 2.75) is 45.0 Å². The highest BCUT2D eigenvalue weighted by Crippen LogP contribution is 2.33. The minimum Gasteiger partial charge on any atom is -0.449 e. The molecule has 194 valence electrons. The first-order chi connectivity index (χ1) is 17.9. The minimum absolute atomic E-state index is 0.189. The van der Waals surface area contributed by atoms with Crippen molar-refractivity contribution in [3.63, 3.8) is 0 Å². The van der Waals surface area contributed by atoms with Gasteiger partial charge in [-0.1, -0.05) is 48.5 Å². The number of methoxy groups -OCH3 is 1. The average Bonchev–Trinajstić information content (AvgIpc) is 3.22. The molecule has 0 N–H and O–H groups in total. The SMILES string of the molecule is CO[C@@H]1[C@H](OC(=O)c2ccccc2)[C@@H](OC(C)=O)O[C@H]1n1ccc(=O)n(COCc2ccccc2)c1=O. The van der Waals surface area contributed by atoms with Gasteiger partial charge < -0.3 is 23.7 Å². The van der Waals surface area contributed by atoms with Crippen molar-refractivity contribution in [3.8, 4) is 0 Å². The van der Waals surface area contributed by atoms with Crippen LogP contribution in [0, 0.1) is 0 Å². The first-order valence-corrected chi connectivity index (χ1v) is 11.4. The highest BCUT2D eigenvalue weighted by Gasteiger charge is 2.51. The first kappa shape index (κ1) is 26.0. The molecule has 2 aromatic carbocycles. The van der Waals surface area contributed by atoms with Crippen LogP contribution in [-0.4, -0.2) is 46.7 Å². The van der Waals surface area contributed by atoms with Crippen LogP contribution in [0.15, 0.2) is 82.5 Å². The Hall–Kier alpha value is -4.06. The molecule has 11 nitrogen and oxygen atoms in total. The van der Waals surface area contributed by atoms with E-state index in [-0.39, 0.29) is 18.9 Å². The van der Waals surface area contributed by atoms with Crippen LogP contribution in [0.1, 0.15) is 29.1 Å². The van der Waals surface area contributed by atoms with Gasteiger partial charge in [0.15, 0.2) is 12.3 Å². The fourth-order valence-corrected chi connectivity index (χ4v) is 3.90. The molecule has 0 aliphatic carbocycles. The molecule has 1 saturated heterocycles. The lowest BCUT2D eigenvalue weighted by Crippen LogP contribution is -2.44. The second-order valence-electron chi connectivity index (χ2n) is 8.18. The molecule has 0 unspecified atom stereocenters. The third-order valence-electron chi connectivity index (χ3n) is 5.66. The quantitative estimate of drug-likeness (QED) is 0.397. The standard InChI is InChI=1S/C26H26N2O9/c1-17(29)35-25-22(36-24(31)19-11-7-4-8-12-19)21(33-2)23(37-25)27-14-13-20(30)28(26(27)32)16-34-15-18-9-5-3-6-10-18/h3-14,21-23,25H,15-16H2,1-2H3/t21-,22+,23-,25+/m1/s1. The summed E-state index contributed by atoms with van der Waals surface area (Å²) in [4.78, 5) is 50.2. The number of ether oxygens (including phenoxy) is 5. The summed E-state index contributed by atoms with van der Waals surface area (Å²) in [6, 6.07) is 18.7. The van der Waals surface area contributed by atoms with E-state index in [4.69, 9.17) is 23.7 Å². The molecule has 1 fully saturated rings. The molecule has 1 aliphatic heterocycles. The summed E-state index contributed by atoms with van der Waals surface area (Å²) in [5, 5.41) is 0. The summed E-state index contributed by atoms with van der Waals surface area (Å²) in [7, 11) is 1.34. The van der Waals surface area contributed by atoms with E-state index >= 15 is 0 Å². The van der Waals surface area contributed by atoms with Crippen LogP contribution in [0.2, 0.25) is 0 Å². The zero-order valence-electron chi connectivity index (χ0n) is 20.2. The van der Waals surface area contributed by atoms with E-state index < -0.39 is 47.9 Å². The number of carbonyl (C=O) groups is 2. The molecule has 1 aromatic heterocycles. The molecule has 4 rings (SSSR count). The number of aromatic nitrogens is 2. The van der Waals surface area contributed by atoms with Crippen molar-refractivity contribution in [2.24, 2.45) is 0 Å². The Labute approximate surface area is 211 Å².